The van der Waals surface area contributed by atoms with E-state index in [1.807, 2.05) is 54.0 Å². The summed E-state index contributed by atoms with van der Waals surface area (Å²) in [5.74, 6) is 0.157. The van der Waals surface area contributed by atoms with Crippen LogP contribution in [0.3, 0.4) is 0 Å². The van der Waals surface area contributed by atoms with Crippen molar-refractivity contribution in [1.82, 2.24) is 14.3 Å². The van der Waals surface area contributed by atoms with Gasteiger partial charge in [0.25, 0.3) is 0 Å². The lowest BCUT2D eigenvalue weighted by atomic mass is 9.70. The fourth-order valence-electron chi connectivity index (χ4n) is 5.66. The lowest BCUT2D eigenvalue weighted by molar-refractivity contribution is -0.132. The number of nitrogens with zero attached hydrogens (tertiary/aromatic N) is 3. The molecule has 1 N–H and O–H groups in total. The molecule has 29 heavy (non-hydrogen) atoms. The van der Waals surface area contributed by atoms with Crippen molar-refractivity contribution >= 4 is 11.6 Å². The molecule has 2 saturated heterocycles. The van der Waals surface area contributed by atoms with Gasteiger partial charge in [0.15, 0.2) is 0 Å². The number of hydrogen-bond donors (Lipinski definition) is 1. The summed E-state index contributed by atoms with van der Waals surface area (Å²) in [6.07, 6.45) is 7.89. The van der Waals surface area contributed by atoms with Crippen molar-refractivity contribution in [3.8, 4) is 0 Å². The Morgan fingerprint density at radius 3 is 2.83 bits per heavy atom. The topological polar surface area (TPSA) is 57.8 Å². The van der Waals surface area contributed by atoms with Crippen LogP contribution in [0.1, 0.15) is 36.1 Å². The van der Waals surface area contributed by atoms with Gasteiger partial charge in [-0.1, -0.05) is 36.4 Å². The number of carbonyl (C=O) groups excluding carboxylic acids is 1. The van der Waals surface area contributed by atoms with E-state index in [4.69, 9.17) is 0 Å². The van der Waals surface area contributed by atoms with Crippen molar-refractivity contribution in [2.24, 2.45) is 5.41 Å². The maximum atomic E-state index is 13.4. The Morgan fingerprint density at radius 2 is 2.03 bits per heavy atom. The normalized spacial score (nSPS) is 25.8. The number of aryl methyl sites for hydroxylation is 1. The van der Waals surface area contributed by atoms with E-state index in [9.17, 15) is 9.90 Å². The first-order valence-corrected chi connectivity index (χ1v) is 10.5. The second kappa shape index (κ2) is 6.99. The van der Waals surface area contributed by atoms with Gasteiger partial charge in [-0.3, -0.25) is 4.79 Å². The molecule has 3 aromatic rings. The molecule has 0 unspecified atom stereocenters. The maximum absolute atomic E-state index is 13.4. The van der Waals surface area contributed by atoms with E-state index in [1.165, 1.54) is 5.56 Å². The molecule has 1 amide bonds. The number of aliphatic hydroxyl groups is 1. The third-order valence-electron chi connectivity index (χ3n) is 6.99. The minimum Gasteiger partial charge on any atom is -0.396 e. The highest BCUT2D eigenvalue weighted by atomic mass is 16.3. The van der Waals surface area contributed by atoms with Crippen molar-refractivity contribution in [2.45, 2.75) is 51.1 Å². The molecule has 5 nitrogen and oxygen atoms in total. The Hall–Kier alpha value is -2.66. The van der Waals surface area contributed by atoms with Gasteiger partial charge in [-0.15, -0.1) is 0 Å². The summed E-state index contributed by atoms with van der Waals surface area (Å²) >= 11 is 0. The van der Waals surface area contributed by atoms with E-state index in [1.54, 1.807) is 0 Å². The second-order valence-corrected chi connectivity index (χ2v) is 8.75. The number of imidazole rings is 1. The van der Waals surface area contributed by atoms with Gasteiger partial charge in [0.05, 0.1) is 18.7 Å². The number of aromatic nitrogens is 2. The Balaban J connectivity index is 1.40. The van der Waals surface area contributed by atoms with Crippen LogP contribution in [0, 0.1) is 12.3 Å². The molecular weight excluding hydrogens is 362 g/mol. The van der Waals surface area contributed by atoms with E-state index in [2.05, 4.69) is 22.0 Å². The molecule has 0 aliphatic carbocycles. The van der Waals surface area contributed by atoms with E-state index >= 15 is 0 Å². The highest BCUT2D eigenvalue weighted by molar-refractivity contribution is 5.80. The molecule has 2 fully saturated rings. The second-order valence-electron chi connectivity index (χ2n) is 8.75. The molecule has 0 radical (unpaired) electrons. The van der Waals surface area contributed by atoms with Gasteiger partial charge in [-0.25, -0.2) is 4.98 Å². The number of fused-ring (bicyclic) bond motifs is 3. The molecule has 2 aliphatic rings. The molecule has 2 aromatic heterocycles. The minimum absolute atomic E-state index is 0.117. The number of aliphatic hydroxyl groups excluding tert-OH is 1. The van der Waals surface area contributed by atoms with E-state index < -0.39 is 0 Å². The first kappa shape index (κ1) is 18.4. The molecule has 2 aliphatic heterocycles. The highest BCUT2D eigenvalue weighted by Crippen LogP contribution is 2.51. The molecule has 0 saturated carbocycles. The quantitative estimate of drug-likeness (QED) is 0.729. The third kappa shape index (κ3) is 2.96. The smallest absolute Gasteiger partial charge is 0.229 e. The van der Waals surface area contributed by atoms with Gasteiger partial charge >= 0.3 is 0 Å². The summed E-state index contributed by atoms with van der Waals surface area (Å²) in [5.41, 5.74) is 3.95. The van der Waals surface area contributed by atoms with Crippen LogP contribution in [-0.4, -0.2) is 44.0 Å². The standard InChI is InChI=1S/C24H27N3O2/c1-17-6-5-11-26-20(15-25-23(17)26)12-22(29)27-19-9-10-21(27)24(14-19,16-28)13-18-7-3-2-4-8-18/h2-8,11,15,19,21,28H,9-10,12-14,16H2,1H3/t19-,21+,24-/m0/s1. The van der Waals surface area contributed by atoms with Crippen LogP contribution in [0.25, 0.3) is 5.65 Å². The predicted molar refractivity (Wildman–Crippen MR) is 112 cm³/mol. The predicted octanol–water partition coefficient (Wildman–Crippen LogP) is 3.17. The third-order valence-corrected chi connectivity index (χ3v) is 6.99. The zero-order chi connectivity index (χ0) is 20.0. The van der Waals surface area contributed by atoms with Crippen molar-refractivity contribution in [1.29, 1.82) is 0 Å². The summed E-state index contributed by atoms with van der Waals surface area (Å²) in [6.45, 7) is 2.16. The van der Waals surface area contributed by atoms with Crippen LogP contribution >= 0.6 is 0 Å². The first-order chi connectivity index (χ1) is 14.1. The van der Waals surface area contributed by atoms with Crippen LogP contribution in [0.15, 0.2) is 54.9 Å². The average Bonchev–Trinajstić information content (AvgIpc) is 3.41. The zero-order valence-electron chi connectivity index (χ0n) is 16.8. The maximum Gasteiger partial charge on any atom is 0.229 e. The zero-order valence-corrected chi connectivity index (χ0v) is 16.8. The van der Waals surface area contributed by atoms with Crippen LogP contribution in [0.5, 0.6) is 0 Å². The number of hydrogen-bond acceptors (Lipinski definition) is 3. The molecule has 1 aromatic carbocycles. The number of carbonyl (C=O) groups is 1. The molecule has 5 heteroatoms. The summed E-state index contributed by atoms with van der Waals surface area (Å²) in [5, 5.41) is 10.4. The fraction of sp³-hybridized carbons (Fsp3) is 0.417. The van der Waals surface area contributed by atoms with Gasteiger partial charge in [0, 0.05) is 29.9 Å². The van der Waals surface area contributed by atoms with Gasteiger partial charge in [0.2, 0.25) is 5.91 Å². The Bertz CT molecular complexity index is 1040. The van der Waals surface area contributed by atoms with Crippen LogP contribution < -0.4 is 0 Å². The number of amides is 1. The minimum atomic E-state index is -0.226. The summed E-state index contributed by atoms with van der Waals surface area (Å²) < 4.78 is 2.02. The lowest BCUT2D eigenvalue weighted by Gasteiger charge is -2.36. The summed E-state index contributed by atoms with van der Waals surface area (Å²) in [6, 6.07) is 14.7. The van der Waals surface area contributed by atoms with Crippen molar-refractivity contribution in [2.75, 3.05) is 6.61 Å². The summed E-state index contributed by atoms with van der Waals surface area (Å²) in [4.78, 5) is 20.0. The SMILES string of the molecule is Cc1cccn2c(CC(=O)N3[C@H]4CC[C@@H]3[C@@](CO)(Cc3ccccc3)C4)cnc12. The summed E-state index contributed by atoms with van der Waals surface area (Å²) in [7, 11) is 0. The van der Waals surface area contributed by atoms with Crippen LogP contribution in [-0.2, 0) is 17.6 Å². The lowest BCUT2D eigenvalue weighted by Crippen LogP contribution is -2.44. The van der Waals surface area contributed by atoms with Crippen LogP contribution in [0.4, 0.5) is 0 Å². The number of benzene rings is 1. The van der Waals surface area contributed by atoms with Gasteiger partial charge < -0.3 is 14.4 Å². The van der Waals surface area contributed by atoms with Crippen molar-refractivity contribution < 1.29 is 9.90 Å². The van der Waals surface area contributed by atoms with E-state index in [-0.39, 0.29) is 30.0 Å². The molecule has 3 atom stereocenters. The Morgan fingerprint density at radius 1 is 1.21 bits per heavy atom. The van der Waals surface area contributed by atoms with Gasteiger partial charge in [0.1, 0.15) is 5.65 Å². The molecule has 5 rings (SSSR count). The molecule has 0 spiro atoms. The van der Waals surface area contributed by atoms with Gasteiger partial charge in [-0.05, 0) is 49.8 Å². The molecule has 4 heterocycles. The Kier molecular flexibility index (Phi) is 4.43. The number of pyridine rings is 1. The largest absolute Gasteiger partial charge is 0.396 e. The van der Waals surface area contributed by atoms with E-state index in [0.717, 1.165) is 42.6 Å². The van der Waals surface area contributed by atoms with Crippen molar-refractivity contribution in [3.63, 3.8) is 0 Å². The Labute approximate surface area is 171 Å². The average molecular weight is 389 g/mol. The van der Waals surface area contributed by atoms with Crippen LogP contribution in [0.2, 0.25) is 0 Å². The fourth-order valence-corrected chi connectivity index (χ4v) is 5.66. The van der Waals surface area contributed by atoms with E-state index in [0.29, 0.717) is 6.42 Å². The molecular formula is C24H27N3O2. The number of rotatable bonds is 5. The van der Waals surface area contributed by atoms with Crippen molar-refractivity contribution in [3.05, 3.63) is 71.7 Å². The molecule has 150 valence electrons. The van der Waals surface area contributed by atoms with Gasteiger partial charge in [-0.2, -0.15) is 0 Å². The molecule has 2 bridgehead atoms. The first-order valence-electron chi connectivity index (χ1n) is 10.5. The highest BCUT2D eigenvalue weighted by Gasteiger charge is 2.56. The monoisotopic (exact) mass is 389 g/mol.